The van der Waals surface area contributed by atoms with E-state index in [0.717, 1.165) is 0 Å². The van der Waals surface area contributed by atoms with Crippen molar-refractivity contribution in [3.05, 3.63) is 18.7 Å². The number of rotatable bonds is 3. The highest BCUT2D eigenvalue weighted by Gasteiger charge is 1.93. The van der Waals surface area contributed by atoms with Gasteiger partial charge in [-0.1, -0.05) is 5.16 Å². The van der Waals surface area contributed by atoms with E-state index in [1.54, 1.807) is 12.5 Å². The van der Waals surface area contributed by atoms with Crippen LogP contribution >= 0.6 is 0 Å². The van der Waals surface area contributed by atoms with Crippen LogP contribution in [-0.2, 0) is 6.54 Å². The Labute approximate surface area is 64.1 Å². The quantitative estimate of drug-likeness (QED) is 0.279. The predicted octanol–water partition coefficient (Wildman–Crippen LogP) is 0.0196. The monoisotopic (exact) mass is 154 g/mol. The first-order valence-corrected chi connectivity index (χ1v) is 3.25. The average molecular weight is 154 g/mol. The van der Waals surface area contributed by atoms with Gasteiger partial charge in [0.2, 0.25) is 0 Å². The summed E-state index contributed by atoms with van der Waals surface area (Å²) in [7, 11) is 0. The van der Waals surface area contributed by atoms with Gasteiger partial charge in [-0.25, -0.2) is 4.98 Å². The second kappa shape index (κ2) is 3.60. The number of imidazole rings is 1. The lowest BCUT2D eigenvalue weighted by atomic mass is 10.4. The molecule has 0 spiro atoms. The summed E-state index contributed by atoms with van der Waals surface area (Å²) in [4.78, 5) is 3.85. The van der Waals surface area contributed by atoms with Crippen molar-refractivity contribution in [1.82, 2.24) is 9.55 Å². The van der Waals surface area contributed by atoms with Crippen molar-refractivity contribution < 1.29 is 5.21 Å². The third kappa shape index (κ3) is 2.29. The molecule has 0 fully saturated rings. The van der Waals surface area contributed by atoms with E-state index in [0.29, 0.717) is 13.0 Å². The van der Waals surface area contributed by atoms with Gasteiger partial charge < -0.3 is 15.5 Å². The van der Waals surface area contributed by atoms with Gasteiger partial charge in [-0.2, -0.15) is 0 Å². The van der Waals surface area contributed by atoms with Crippen molar-refractivity contribution in [2.24, 2.45) is 10.9 Å². The Morgan fingerprint density at radius 3 is 3.09 bits per heavy atom. The average Bonchev–Trinajstić information content (AvgIpc) is 2.52. The molecule has 0 bridgehead atoms. The van der Waals surface area contributed by atoms with Crippen LogP contribution in [0.4, 0.5) is 0 Å². The fourth-order valence-corrected chi connectivity index (χ4v) is 0.713. The molecule has 0 aliphatic carbocycles. The fraction of sp³-hybridized carbons (Fsp3) is 0.333. The van der Waals surface area contributed by atoms with E-state index in [2.05, 4.69) is 10.1 Å². The van der Waals surface area contributed by atoms with E-state index in [9.17, 15) is 0 Å². The van der Waals surface area contributed by atoms with Crippen molar-refractivity contribution in [2.45, 2.75) is 13.0 Å². The lowest BCUT2D eigenvalue weighted by Gasteiger charge is -1.98. The van der Waals surface area contributed by atoms with Crippen LogP contribution in [0, 0.1) is 0 Å². The molecule has 5 nitrogen and oxygen atoms in total. The van der Waals surface area contributed by atoms with Gasteiger partial charge in [0.05, 0.1) is 6.33 Å². The van der Waals surface area contributed by atoms with Gasteiger partial charge in [-0.15, -0.1) is 0 Å². The van der Waals surface area contributed by atoms with Gasteiger partial charge >= 0.3 is 0 Å². The van der Waals surface area contributed by atoms with Gasteiger partial charge in [0.15, 0.2) is 0 Å². The van der Waals surface area contributed by atoms with Crippen LogP contribution in [0.3, 0.4) is 0 Å². The number of nitrogens with two attached hydrogens (primary N) is 1. The van der Waals surface area contributed by atoms with Crippen molar-refractivity contribution in [2.75, 3.05) is 0 Å². The van der Waals surface area contributed by atoms with Gasteiger partial charge in [0, 0.05) is 25.4 Å². The van der Waals surface area contributed by atoms with Gasteiger partial charge in [0.1, 0.15) is 5.84 Å². The normalized spacial score (nSPS) is 11.8. The number of hydrogen-bond acceptors (Lipinski definition) is 3. The number of oxime groups is 1. The van der Waals surface area contributed by atoms with Gasteiger partial charge in [-0.3, -0.25) is 0 Å². The highest BCUT2D eigenvalue weighted by Crippen LogP contribution is 1.89. The summed E-state index contributed by atoms with van der Waals surface area (Å²) in [6.45, 7) is 0.690. The van der Waals surface area contributed by atoms with Crippen LogP contribution in [0.15, 0.2) is 23.9 Å². The second-order valence-electron chi connectivity index (χ2n) is 2.14. The maximum absolute atomic E-state index is 8.20. The zero-order chi connectivity index (χ0) is 8.10. The molecule has 0 unspecified atom stereocenters. The van der Waals surface area contributed by atoms with Crippen LogP contribution in [0.5, 0.6) is 0 Å². The summed E-state index contributed by atoms with van der Waals surface area (Å²) in [6.07, 6.45) is 5.73. The molecule has 60 valence electrons. The molecule has 0 saturated heterocycles. The van der Waals surface area contributed by atoms with E-state index in [1.807, 2.05) is 10.8 Å². The van der Waals surface area contributed by atoms with Crippen LogP contribution in [-0.4, -0.2) is 20.6 Å². The number of hydrogen-bond donors (Lipinski definition) is 2. The van der Waals surface area contributed by atoms with E-state index >= 15 is 0 Å². The second-order valence-corrected chi connectivity index (χ2v) is 2.14. The Balaban J connectivity index is 2.35. The molecule has 0 radical (unpaired) electrons. The fourth-order valence-electron chi connectivity index (χ4n) is 0.713. The molecule has 1 heterocycles. The Kier molecular flexibility index (Phi) is 2.48. The minimum atomic E-state index is 0.235. The maximum atomic E-state index is 8.20. The molecule has 3 N–H and O–H groups in total. The lowest BCUT2D eigenvalue weighted by Crippen LogP contribution is -2.14. The first-order valence-electron chi connectivity index (χ1n) is 3.25. The molecule has 1 aromatic rings. The van der Waals surface area contributed by atoms with Crippen LogP contribution < -0.4 is 5.73 Å². The van der Waals surface area contributed by atoms with Crippen molar-refractivity contribution in [3.8, 4) is 0 Å². The van der Waals surface area contributed by atoms with Crippen LogP contribution in [0.2, 0.25) is 0 Å². The summed E-state index contributed by atoms with van der Waals surface area (Å²) >= 11 is 0. The zero-order valence-electron chi connectivity index (χ0n) is 6.01. The molecular weight excluding hydrogens is 144 g/mol. The van der Waals surface area contributed by atoms with E-state index in [4.69, 9.17) is 10.9 Å². The Morgan fingerprint density at radius 2 is 2.55 bits per heavy atom. The van der Waals surface area contributed by atoms with Crippen LogP contribution in [0.25, 0.3) is 0 Å². The molecule has 0 saturated carbocycles. The predicted molar refractivity (Wildman–Crippen MR) is 40.3 cm³/mol. The molecule has 0 atom stereocenters. The minimum absolute atomic E-state index is 0.235. The Bertz CT molecular complexity index is 229. The Hall–Kier alpha value is -1.52. The number of aromatic nitrogens is 2. The van der Waals surface area contributed by atoms with Crippen molar-refractivity contribution in [3.63, 3.8) is 0 Å². The van der Waals surface area contributed by atoms with Crippen molar-refractivity contribution in [1.29, 1.82) is 0 Å². The third-order valence-corrected chi connectivity index (χ3v) is 1.31. The molecule has 11 heavy (non-hydrogen) atoms. The minimum Gasteiger partial charge on any atom is -0.409 e. The summed E-state index contributed by atoms with van der Waals surface area (Å²) in [6, 6.07) is 0. The Morgan fingerprint density at radius 1 is 1.73 bits per heavy atom. The summed E-state index contributed by atoms with van der Waals surface area (Å²) in [5, 5.41) is 11.1. The van der Waals surface area contributed by atoms with Gasteiger partial charge in [-0.05, 0) is 0 Å². The first kappa shape index (κ1) is 7.59. The molecule has 1 rings (SSSR count). The highest BCUT2D eigenvalue weighted by molar-refractivity contribution is 5.79. The molecule has 1 aromatic heterocycles. The summed E-state index contributed by atoms with van der Waals surface area (Å²) in [5.74, 6) is 0.235. The number of nitrogens with zero attached hydrogens (tertiary/aromatic N) is 3. The molecule has 5 heteroatoms. The molecule has 0 amide bonds. The molecule has 0 aliphatic rings. The molecule has 0 aliphatic heterocycles. The standard InChI is InChI=1S/C6H10N4O/c7-6(9-11)1-3-10-4-2-8-5-10/h2,4-5,11H,1,3H2,(H2,7,9). The smallest absolute Gasteiger partial charge is 0.140 e. The topological polar surface area (TPSA) is 76.4 Å². The summed E-state index contributed by atoms with van der Waals surface area (Å²) < 4.78 is 1.86. The van der Waals surface area contributed by atoms with Crippen molar-refractivity contribution >= 4 is 5.84 Å². The van der Waals surface area contributed by atoms with E-state index in [1.165, 1.54) is 0 Å². The van der Waals surface area contributed by atoms with Gasteiger partial charge in [0.25, 0.3) is 0 Å². The summed E-state index contributed by atoms with van der Waals surface area (Å²) in [5.41, 5.74) is 5.26. The number of amidine groups is 1. The SMILES string of the molecule is N/C(CCn1ccnc1)=N\O. The molecule has 0 aromatic carbocycles. The molecular formula is C6H10N4O. The lowest BCUT2D eigenvalue weighted by molar-refractivity contribution is 0.316. The van der Waals surface area contributed by atoms with E-state index < -0.39 is 0 Å². The maximum Gasteiger partial charge on any atom is 0.140 e. The first-order chi connectivity index (χ1) is 5.33. The zero-order valence-corrected chi connectivity index (χ0v) is 6.01. The number of aryl methyl sites for hydroxylation is 1. The largest absolute Gasteiger partial charge is 0.409 e. The highest BCUT2D eigenvalue weighted by atomic mass is 16.4. The van der Waals surface area contributed by atoms with E-state index in [-0.39, 0.29) is 5.84 Å². The van der Waals surface area contributed by atoms with Crippen LogP contribution in [0.1, 0.15) is 6.42 Å². The third-order valence-electron chi connectivity index (χ3n) is 1.31.